The van der Waals surface area contributed by atoms with Crippen molar-refractivity contribution in [1.82, 2.24) is 9.97 Å². The van der Waals surface area contributed by atoms with Crippen molar-refractivity contribution in [3.63, 3.8) is 0 Å². The Morgan fingerprint density at radius 1 is 1.36 bits per heavy atom. The molecule has 0 amide bonds. The van der Waals surface area contributed by atoms with E-state index in [0.717, 1.165) is 5.56 Å². The summed E-state index contributed by atoms with van der Waals surface area (Å²) in [5.74, 6) is -0.00495. The molecule has 1 heterocycles. The lowest BCUT2D eigenvalue weighted by atomic mass is 9.85. The van der Waals surface area contributed by atoms with Gasteiger partial charge in [0.05, 0.1) is 0 Å². The molecule has 0 saturated heterocycles. The van der Waals surface area contributed by atoms with Gasteiger partial charge >= 0.3 is 0 Å². The number of nitrogens with zero attached hydrogens (tertiary/aromatic N) is 2. The predicted octanol–water partition coefficient (Wildman–Crippen LogP) is 3.03. The number of H-pyrrole nitrogens is 1. The van der Waals surface area contributed by atoms with Gasteiger partial charge in [-0.05, 0) is 29.4 Å². The van der Waals surface area contributed by atoms with Gasteiger partial charge in [0, 0.05) is 5.56 Å². The SMILES string of the molecule is CSc1nc(-c2cc(C(C)(C)C)ccc2O)c(C#N)c(=O)[nH]1. The van der Waals surface area contributed by atoms with E-state index < -0.39 is 5.56 Å². The standard InChI is InChI=1S/C16H17N3O2S/c1-16(2,3)9-5-6-12(20)10(7-9)13-11(8-17)14(21)19-15(18-13)22-4/h5-7,20H,1-4H3,(H,18,19,21). The highest BCUT2D eigenvalue weighted by Crippen LogP contribution is 2.34. The highest BCUT2D eigenvalue weighted by Gasteiger charge is 2.20. The van der Waals surface area contributed by atoms with E-state index >= 15 is 0 Å². The lowest BCUT2D eigenvalue weighted by Crippen LogP contribution is -2.15. The smallest absolute Gasteiger partial charge is 0.270 e. The van der Waals surface area contributed by atoms with Crippen LogP contribution in [0.25, 0.3) is 11.3 Å². The van der Waals surface area contributed by atoms with E-state index in [4.69, 9.17) is 0 Å². The van der Waals surface area contributed by atoms with Crippen LogP contribution in [0.3, 0.4) is 0 Å². The van der Waals surface area contributed by atoms with Crippen molar-refractivity contribution < 1.29 is 5.11 Å². The number of thioether (sulfide) groups is 1. The lowest BCUT2D eigenvalue weighted by molar-refractivity contribution is 0.476. The number of hydrogen-bond donors (Lipinski definition) is 2. The molecule has 0 aliphatic rings. The van der Waals surface area contributed by atoms with Gasteiger partial charge < -0.3 is 10.1 Å². The Labute approximate surface area is 133 Å². The van der Waals surface area contributed by atoms with E-state index in [-0.39, 0.29) is 22.4 Å². The van der Waals surface area contributed by atoms with Gasteiger partial charge in [-0.1, -0.05) is 38.6 Å². The molecule has 0 aliphatic carbocycles. The highest BCUT2D eigenvalue weighted by atomic mass is 32.2. The van der Waals surface area contributed by atoms with Crippen LogP contribution in [0, 0.1) is 11.3 Å². The summed E-state index contributed by atoms with van der Waals surface area (Å²) in [5.41, 5.74) is 0.858. The molecule has 0 aliphatic heterocycles. The Bertz CT molecular complexity index is 814. The largest absolute Gasteiger partial charge is 0.507 e. The lowest BCUT2D eigenvalue weighted by Gasteiger charge is -2.20. The van der Waals surface area contributed by atoms with Crippen LogP contribution in [0.2, 0.25) is 0 Å². The Hall–Kier alpha value is -2.26. The molecule has 0 fully saturated rings. The van der Waals surface area contributed by atoms with Crippen molar-refractivity contribution in [2.24, 2.45) is 0 Å². The molecule has 0 spiro atoms. The molecule has 1 aromatic heterocycles. The molecule has 0 radical (unpaired) electrons. The van der Waals surface area contributed by atoms with E-state index in [0.29, 0.717) is 10.7 Å². The summed E-state index contributed by atoms with van der Waals surface area (Å²) in [5, 5.41) is 19.8. The maximum absolute atomic E-state index is 12.0. The minimum atomic E-state index is -0.502. The maximum atomic E-state index is 12.0. The van der Waals surface area contributed by atoms with Gasteiger partial charge in [-0.2, -0.15) is 5.26 Å². The molecule has 0 unspecified atom stereocenters. The third-order valence-corrected chi connectivity index (χ3v) is 3.90. The third kappa shape index (κ3) is 3.00. The zero-order chi connectivity index (χ0) is 16.5. The van der Waals surface area contributed by atoms with Crippen molar-refractivity contribution in [2.45, 2.75) is 31.3 Å². The molecular formula is C16H17N3O2S. The fourth-order valence-electron chi connectivity index (χ4n) is 2.04. The van der Waals surface area contributed by atoms with Crippen LogP contribution in [-0.2, 0) is 5.41 Å². The Morgan fingerprint density at radius 3 is 2.59 bits per heavy atom. The topological polar surface area (TPSA) is 89.8 Å². The molecule has 114 valence electrons. The average Bonchev–Trinajstić information content (AvgIpc) is 2.45. The molecule has 0 atom stereocenters. The van der Waals surface area contributed by atoms with Gasteiger partial charge in [-0.25, -0.2) is 4.98 Å². The van der Waals surface area contributed by atoms with E-state index in [2.05, 4.69) is 9.97 Å². The first-order valence-corrected chi connectivity index (χ1v) is 7.92. The number of phenols is 1. The van der Waals surface area contributed by atoms with Crippen molar-refractivity contribution in [2.75, 3.05) is 6.26 Å². The van der Waals surface area contributed by atoms with E-state index in [1.807, 2.05) is 32.9 Å². The van der Waals surface area contributed by atoms with Crippen molar-refractivity contribution in [3.8, 4) is 23.1 Å². The summed E-state index contributed by atoms with van der Waals surface area (Å²) >= 11 is 1.27. The molecule has 0 bridgehead atoms. The highest BCUT2D eigenvalue weighted by molar-refractivity contribution is 7.98. The third-order valence-electron chi connectivity index (χ3n) is 3.32. The molecule has 1 aromatic carbocycles. The van der Waals surface area contributed by atoms with Gasteiger partial charge in [0.25, 0.3) is 5.56 Å². The van der Waals surface area contributed by atoms with Gasteiger partial charge in [0.15, 0.2) is 5.16 Å². The number of nitriles is 1. The Morgan fingerprint density at radius 2 is 2.05 bits per heavy atom. The number of nitrogens with one attached hydrogen (secondary N) is 1. The molecule has 2 rings (SSSR count). The number of benzene rings is 1. The summed E-state index contributed by atoms with van der Waals surface area (Å²) in [7, 11) is 0. The molecule has 22 heavy (non-hydrogen) atoms. The van der Waals surface area contributed by atoms with E-state index in [1.165, 1.54) is 11.8 Å². The second-order valence-electron chi connectivity index (χ2n) is 5.89. The first-order valence-electron chi connectivity index (χ1n) is 6.70. The quantitative estimate of drug-likeness (QED) is 0.656. The first-order chi connectivity index (χ1) is 10.3. The number of aromatic hydroxyl groups is 1. The molecule has 0 saturated carbocycles. The maximum Gasteiger partial charge on any atom is 0.270 e. The second-order valence-corrected chi connectivity index (χ2v) is 6.69. The van der Waals surface area contributed by atoms with Crippen LogP contribution >= 0.6 is 11.8 Å². The predicted molar refractivity (Wildman–Crippen MR) is 87.2 cm³/mol. The van der Waals surface area contributed by atoms with Crippen LogP contribution in [0.5, 0.6) is 5.75 Å². The molecular weight excluding hydrogens is 298 g/mol. The van der Waals surface area contributed by atoms with Crippen LogP contribution in [0.15, 0.2) is 28.2 Å². The van der Waals surface area contributed by atoms with E-state index in [9.17, 15) is 15.2 Å². The summed E-state index contributed by atoms with van der Waals surface area (Å²) < 4.78 is 0. The molecule has 2 aromatic rings. The van der Waals surface area contributed by atoms with Crippen LogP contribution < -0.4 is 5.56 Å². The van der Waals surface area contributed by atoms with Crippen molar-refractivity contribution >= 4 is 11.8 Å². The number of rotatable bonds is 2. The first kappa shape index (κ1) is 16.1. The summed E-state index contributed by atoms with van der Waals surface area (Å²) in [6, 6.07) is 7.05. The van der Waals surface area contributed by atoms with Gasteiger partial charge in [-0.15, -0.1) is 0 Å². The van der Waals surface area contributed by atoms with Crippen LogP contribution in [0.4, 0.5) is 0 Å². The fourth-order valence-corrected chi connectivity index (χ4v) is 2.42. The average molecular weight is 315 g/mol. The zero-order valence-corrected chi connectivity index (χ0v) is 13.7. The van der Waals surface area contributed by atoms with Gasteiger partial charge in [-0.3, -0.25) is 4.79 Å². The molecule has 5 nitrogen and oxygen atoms in total. The summed E-state index contributed by atoms with van der Waals surface area (Å²) in [6.07, 6.45) is 1.78. The summed E-state index contributed by atoms with van der Waals surface area (Å²) in [4.78, 5) is 18.8. The minimum Gasteiger partial charge on any atom is -0.507 e. The van der Waals surface area contributed by atoms with Crippen molar-refractivity contribution in [1.29, 1.82) is 5.26 Å². The Kier molecular flexibility index (Phi) is 4.29. The zero-order valence-electron chi connectivity index (χ0n) is 12.9. The number of hydrogen-bond acceptors (Lipinski definition) is 5. The molecule has 6 heteroatoms. The van der Waals surface area contributed by atoms with E-state index in [1.54, 1.807) is 18.4 Å². The summed E-state index contributed by atoms with van der Waals surface area (Å²) in [6.45, 7) is 6.15. The molecule has 2 N–H and O–H groups in total. The monoisotopic (exact) mass is 315 g/mol. The Balaban J connectivity index is 2.79. The van der Waals surface area contributed by atoms with Gasteiger partial charge in [0.2, 0.25) is 0 Å². The van der Waals surface area contributed by atoms with Crippen molar-refractivity contribution in [3.05, 3.63) is 39.7 Å². The number of aromatic nitrogens is 2. The normalized spacial score (nSPS) is 11.2. The number of aromatic amines is 1. The fraction of sp³-hybridized carbons (Fsp3) is 0.312. The van der Waals surface area contributed by atoms with Crippen LogP contribution in [0.1, 0.15) is 31.9 Å². The minimum absolute atomic E-state index is 0.00495. The second kappa shape index (κ2) is 5.85. The van der Waals surface area contributed by atoms with Gasteiger partial charge in [0.1, 0.15) is 23.1 Å². The number of phenolic OH excluding ortho intramolecular Hbond substituents is 1. The van der Waals surface area contributed by atoms with Crippen LogP contribution in [-0.4, -0.2) is 21.3 Å².